The zero-order valence-corrected chi connectivity index (χ0v) is 11.9. The molecular formula is C13H18ClF3N2O. The molecule has 0 bridgehead atoms. The van der Waals surface area contributed by atoms with Gasteiger partial charge in [0.05, 0.1) is 22.9 Å². The minimum atomic E-state index is -4.40. The number of hydrogen-bond acceptors (Lipinski definition) is 3. The molecule has 0 fully saturated rings. The standard InChI is InChI=1S/C13H18ClF3N2O/c1-20-8-10(3-2-6-18)19-12-5-4-9(7-11(12)14)13(15,16)17/h4-5,7,10,19H,2-3,6,8,18H2,1H3. The molecule has 1 unspecified atom stereocenters. The van der Waals surface area contributed by atoms with Crippen LogP contribution in [0.3, 0.4) is 0 Å². The van der Waals surface area contributed by atoms with Gasteiger partial charge in [0.2, 0.25) is 0 Å². The second kappa shape index (κ2) is 7.71. The molecule has 0 heterocycles. The van der Waals surface area contributed by atoms with Crippen molar-refractivity contribution >= 4 is 17.3 Å². The fourth-order valence-corrected chi connectivity index (χ4v) is 2.03. The van der Waals surface area contributed by atoms with Crippen LogP contribution < -0.4 is 11.1 Å². The fourth-order valence-electron chi connectivity index (χ4n) is 1.79. The van der Waals surface area contributed by atoms with Crippen LogP contribution in [0.5, 0.6) is 0 Å². The summed E-state index contributed by atoms with van der Waals surface area (Å²) >= 11 is 5.89. The number of rotatable bonds is 7. The number of halogens is 4. The molecule has 0 saturated heterocycles. The summed E-state index contributed by atoms with van der Waals surface area (Å²) in [6.07, 6.45) is -2.85. The molecule has 114 valence electrons. The van der Waals surface area contributed by atoms with E-state index in [9.17, 15) is 13.2 Å². The lowest BCUT2D eigenvalue weighted by Gasteiger charge is -2.20. The number of nitrogens with one attached hydrogen (secondary N) is 1. The Labute approximate surface area is 121 Å². The Kier molecular flexibility index (Phi) is 6.58. The van der Waals surface area contributed by atoms with Crippen LogP contribution in [0.15, 0.2) is 18.2 Å². The summed E-state index contributed by atoms with van der Waals surface area (Å²) in [5.74, 6) is 0. The highest BCUT2D eigenvalue weighted by Gasteiger charge is 2.31. The van der Waals surface area contributed by atoms with E-state index < -0.39 is 11.7 Å². The van der Waals surface area contributed by atoms with Crippen LogP contribution in [0.4, 0.5) is 18.9 Å². The van der Waals surface area contributed by atoms with Crippen molar-refractivity contribution in [2.45, 2.75) is 25.1 Å². The van der Waals surface area contributed by atoms with Crippen LogP contribution in [0.2, 0.25) is 5.02 Å². The Bertz CT molecular complexity index is 427. The van der Waals surface area contributed by atoms with Crippen molar-refractivity contribution < 1.29 is 17.9 Å². The van der Waals surface area contributed by atoms with Crippen LogP contribution in [0, 0.1) is 0 Å². The number of ether oxygens (including phenoxy) is 1. The smallest absolute Gasteiger partial charge is 0.383 e. The third kappa shape index (κ3) is 5.19. The number of hydrogen-bond donors (Lipinski definition) is 2. The second-order valence-electron chi connectivity index (χ2n) is 4.42. The summed E-state index contributed by atoms with van der Waals surface area (Å²) in [6, 6.07) is 3.20. The summed E-state index contributed by atoms with van der Waals surface area (Å²) in [4.78, 5) is 0. The SMILES string of the molecule is COCC(CCCN)Nc1ccc(C(F)(F)F)cc1Cl. The molecule has 0 aliphatic rings. The van der Waals surface area contributed by atoms with E-state index in [4.69, 9.17) is 22.1 Å². The highest BCUT2D eigenvalue weighted by Crippen LogP contribution is 2.34. The second-order valence-corrected chi connectivity index (χ2v) is 4.83. The molecule has 0 aromatic heterocycles. The van der Waals surface area contributed by atoms with Gasteiger partial charge in [-0.15, -0.1) is 0 Å². The summed E-state index contributed by atoms with van der Waals surface area (Å²) in [5, 5.41) is 3.12. The van der Waals surface area contributed by atoms with Crippen molar-refractivity contribution in [1.82, 2.24) is 0 Å². The van der Waals surface area contributed by atoms with Gasteiger partial charge in [-0.05, 0) is 37.6 Å². The number of alkyl halides is 3. The van der Waals surface area contributed by atoms with Gasteiger partial charge in [0.15, 0.2) is 0 Å². The van der Waals surface area contributed by atoms with Gasteiger partial charge in [0.1, 0.15) is 0 Å². The maximum absolute atomic E-state index is 12.5. The predicted octanol–water partition coefficient (Wildman–Crippen LogP) is 3.52. The topological polar surface area (TPSA) is 47.3 Å². The molecular weight excluding hydrogens is 293 g/mol. The monoisotopic (exact) mass is 310 g/mol. The van der Waals surface area contributed by atoms with E-state index >= 15 is 0 Å². The van der Waals surface area contributed by atoms with Gasteiger partial charge in [-0.25, -0.2) is 0 Å². The Balaban J connectivity index is 2.80. The van der Waals surface area contributed by atoms with Gasteiger partial charge in [0, 0.05) is 13.2 Å². The predicted molar refractivity (Wildman–Crippen MR) is 74.0 cm³/mol. The van der Waals surface area contributed by atoms with E-state index in [2.05, 4.69) is 5.32 Å². The van der Waals surface area contributed by atoms with Gasteiger partial charge in [-0.1, -0.05) is 11.6 Å². The van der Waals surface area contributed by atoms with Crippen molar-refractivity contribution in [3.63, 3.8) is 0 Å². The van der Waals surface area contributed by atoms with Crippen LogP contribution in [0.1, 0.15) is 18.4 Å². The molecule has 3 nitrogen and oxygen atoms in total. The first-order valence-electron chi connectivity index (χ1n) is 6.20. The minimum absolute atomic E-state index is 0.0358. The Morgan fingerprint density at radius 2 is 2.10 bits per heavy atom. The highest BCUT2D eigenvalue weighted by atomic mass is 35.5. The van der Waals surface area contributed by atoms with E-state index in [0.717, 1.165) is 25.0 Å². The first-order valence-corrected chi connectivity index (χ1v) is 6.58. The number of benzene rings is 1. The third-order valence-electron chi connectivity index (χ3n) is 2.78. The molecule has 1 rings (SSSR count). The van der Waals surface area contributed by atoms with Crippen LogP contribution in [-0.4, -0.2) is 26.3 Å². The maximum atomic E-state index is 12.5. The van der Waals surface area contributed by atoms with E-state index in [0.29, 0.717) is 18.8 Å². The molecule has 0 radical (unpaired) electrons. The van der Waals surface area contributed by atoms with Crippen LogP contribution in [0.25, 0.3) is 0 Å². The quantitative estimate of drug-likeness (QED) is 0.810. The highest BCUT2D eigenvalue weighted by molar-refractivity contribution is 6.33. The molecule has 0 aliphatic heterocycles. The molecule has 0 spiro atoms. The summed E-state index contributed by atoms with van der Waals surface area (Å²) < 4.78 is 42.7. The van der Waals surface area contributed by atoms with Crippen molar-refractivity contribution in [2.75, 3.05) is 25.6 Å². The van der Waals surface area contributed by atoms with E-state index in [-0.39, 0.29) is 11.1 Å². The lowest BCUT2D eigenvalue weighted by atomic mass is 10.1. The molecule has 1 aromatic carbocycles. The van der Waals surface area contributed by atoms with Crippen LogP contribution >= 0.6 is 11.6 Å². The van der Waals surface area contributed by atoms with Gasteiger partial charge >= 0.3 is 6.18 Å². The first-order chi connectivity index (χ1) is 9.38. The average molecular weight is 311 g/mol. The van der Waals surface area contributed by atoms with Gasteiger partial charge in [-0.2, -0.15) is 13.2 Å². The van der Waals surface area contributed by atoms with E-state index in [1.807, 2.05) is 0 Å². The molecule has 0 amide bonds. The van der Waals surface area contributed by atoms with Gasteiger partial charge < -0.3 is 15.8 Å². The Morgan fingerprint density at radius 1 is 1.40 bits per heavy atom. The number of methoxy groups -OCH3 is 1. The van der Waals surface area contributed by atoms with Gasteiger partial charge in [-0.3, -0.25) is 0 Å². The van der Waals surface area contributed by atoms with Crippen molar-refractivity contribution in [3.05, 3.63) is 28.8 Å². The molecule has 1 atom stereocenters. The summed E-state index contributed by atoms with van der Waals surface area (Å²) in [7, 11) is 1.56. The minimum Gasteiger partial charge on any atom is -0.383 e. The zero-order chi connectivity index (χ0) is 15.2. The summed E-state index contributed by atoms with van der Waals surface area (Å²) in [6.45, 7) is 0.972. The van der Waals surface area contributed by atoms with Crippen molar-refractivity contribution in [3.8, 4) is 0 Å². The molecule has 3 N–H and O–H groups in total. The molecule has 0 saturated carbocycles. The summed E-state index contributed by atoms with van der Waals surface area (Å²) in [5.41, 5.74) is 5.14. The Hall–Kier alpha value is -0.980. The molecule has 20 heavy (non-hydrogen) atoms. The van der Waals surface area contributed by atoms with Crippen molar-refractivity contribution in [2.24, 2.45) is 5.73 Å². The average Bonchev–Trinajstić information content (AvgIpc) is 2.37. The largest absolute Gasteiger partial charge is 0.416 e. The van der Waals surface area contributed by atoms with Crippen molar-refractivity contribution in [1.29, 1.82) is 0 Å². The lowest BCUT2D eigenvalue weighted by Crippen LogP contribution is -2.26. The maximum Gasteiger partial charge on any atom is 0.416 e. The number of anilines is 1. The van der Waals surface area contributed by atoms with E-state index in [1.54, 1.807) is 7.11 Å². The molecule has 7 heteroatoms. The third-order valence-corrected chi connectivity index (χ3v) is 3.09. The molecule has 0 aliphatic carbocycles. The molecule has 1 aromatic rings. The van der Waals surface area contributed by atoms with Gasteiger partial charge in [0.25, 0.3) is 0 Å². The normalized spacial score (nSPS) is 13.3. The number of nitrogens with two attached hydrogens (primary N) is 1. The Morgan fingerprint density at radius 3 is 2.60 bits per heavy atom. The fraction of sp³-hybridized carbons (Fsp3) is 0.538. The van der Waals surface area contributed by atoms with E-state index in [1.165, 1.54) is 6.07 Å². The zero-order valence-electron chi connectivity index (χ0n) is 11.1. The van der Waals surface area contributed by atoms with Crippen LogP contribution in [-0.2, 0) is 10.9 Å². The lowest BCUT2D eigenvalue weighted by molar-refractivity contribution is -0.137. The first kappa shape index (κ1) is 17.1.